The van der Waals surface area contributed by atoms with Crippen molar-refractivity contribution in [3.63, 3.8) is 0 Å². The van der Waals surface area contributed by atoms with Gasteiger partial charge in [0.25, 0.3) is 0 Å². The Bertz CT molecular complexity index is 620. The molecule has 0 amide bonds. The van der Waals surface area contributed by atoms with Crippen LogP contribution >= 0.6 is 0 Å². The van der Waals surface area contributed by atoms with Crippen LogP contribution in [0.3, 0.4) is 0 Å². The Kier molecular flexibility index (Phi) is 8.96. The van der Waals surface area contributed by atoms with Crippen molar-refractivity contribution in [2.45, 2.75) is 19.1 Å². The molecule has 2 aromatic carbocycles. The van der Waals surface area contributed by atoms with E-state index in [1.165, 1.54) is 0 Å². The minimum absolute atomic E-state index is 0.267. The molecular weight excluding hydrogens is 330 g/mol. The highest BCUT2D eigenvalue weighted by atomic mass is 16.5. The number of aliphatic hydroxyl groups excluding tert-OH is 1. The molecule has 1 N–H and O–H groups in total. The summed E-state index contributed by atoms with van der Waals surface area (Å²) < 4.78 is 16.1. The van der Waals surface area contributed by atoms with Gasteiger partial charge < -0.3 is 19.3 Å². The summed E-state index contributed by atoms with van der Waals surface area (Å²) in [5, 5.41) is 10.4. The number of benzene rings is 2. The van der Waals surface area contributed by atoms with Gasteiger partial charge in [-0.15, -0.1) is 0 Å². The highest BCUT2D eigenvalue weighted by Crippen LogP contribution is 2.15. The number of ether oxygens (including phenoxy) is 3. The first-order chi connectivity index (χ1) is 12.7. The second-order valence-electron chi connectivity index (χ2n) is 6.21. The van der Waals surface area contributed by atoms with Crippen LogP contribution in [0, 0.1) is 0 Å². The summed E-state index contributed by atoms with van der Waals surface area (Å²) in [6, 6.07) is 17.6. The monoisotopic (exact) mass is 359 g/mol. The third-order valence-corrected chi connectivity index (χ3v) is 4.02. The first-order valence-corrected chi connectivity index (χ1v) is 8.91. The van der Waals surface area contributed by atoms with Crippen molar-refractivity contribution in [3.05, 3.63) is 60.2 Å². The van der Waals surface area contributed by atoms with Gasteiger partial charge in [0.15, 0.2) is 0 Å². The first-order valence-electron chi connectivity index (χ1n) is 8.91. The molecule has 0 radical (unpaired) electrons. The van der Waals surface area contributed by atoms with Crippen LogP contribution in [0.4, 0.5) is 0 Å². The smallest absolute Gasteiger partial charge is 0.119 e. The fourth-order valence-corrected chi connectivity index (χ4v) is 2.76. The number of para-hydroxylation sites is 1. The Morgan fingerprint density at radius 3 is 2.50 bits per heavy atom. The quantitative estimate of drug-likeness (QED) is 0.591. The molecule has 0 fully saturated rings. The fourth-order valence-electron chi connectivity index (χ4n) is 2.76. The van der Waals surface area contributed by atoms with E-state index in [2.05, 4.69) is 11.0 Å². The van der Waals surface area contributed by atoms with Crippen LogP contribution < -0.4 is 9.47 Å². The normalized spacial score (nSPS) is 12.2. The van der Waals surface area contributed by atoms with Crippen LogP contribution in [-0.4, -0.2) is 56.6 Å². The van der Waals surface area contributed by atoms with Gasteiger partial charge in [-0.25, -0.2) is 0 Å². The van der Waals surface area contributed by atoms with Gasteiger partial charge in [0.05, 0.1) is 7.11 Å². The van der Waals surface area contributed by atoms with Gasteiger partial charge in [0.2, 0.25) is 0 Å². The second kappa shape index (κ2) is 11.5. The van der Waals surface area contributed by atoms with Gasteiger partial charge in [0, 0.05) is 33.4 Å². The highest BCUT2D eigenvalue weighted by molar-refractivity contribution is 5.28. The van der Waals surface area contributed by atoms with Crippen molar-refractivity contribution in [1.29, 1.82) is 0 Å². The summed E-state index contributed by atoms with van der Waals surface area (Å²) in [5.74, 6) is 1.61. The molecule has 1 unspecified atom stereocenters. The van der Waals surface area contributed by atoms with Gasteiger partial charge in [-0.1, -0.05) is 30.3 Å². The summed E-state index contributed by atoms with van der Waals surface area (Å²) in [6.45, 7) is 3.08. The lowest BCUT2D eigenvalue weighted by Crippen LogP contribution is -2.36. The van der Waals surface area contributed by atoms with E-state index in [4.69, 9.17) is 14.2 Å². The molecule has 26 heavy (non-hydrogen) atoms. The predicted molar refractivity (Wildman–Crippen MR) is 103 cm³/mol. The molecule has 0 aliphatic carbocycles. The van der Waals surface area contributed by atoms with Crippen LogP contribution in [0.5, 0.6) is 11.5 Å². The minimum atomic E-state index is -0.566. The van der Waals surface area contributed by atoms with E-state index in [9.17, 15) is 5.11 Å². The third-order valence-electron chi connectivity index (χ3n) is 4.02. The third kappa shape index (κ3) is 7.44. The number of rotatable bonds is 12. The largest absolute Gasteiger partial charge is 0.497 e. The van der Waals surface area contributed by atoms with Crippen LogP contribution in [0.1, 0.15) is 12.0 Å². The van der Waals surface area contributed by atoms with E-state index in [0.29, 0.717) is 13.2 Å². The van der Waals surface area contributed by atoms with Crippen LogP contribution in [-0.2, 0) is 11.3 Å². The number of nitrogens with zero attached hydrogens (tertiary/aromatic N) is 1. The molecule has 1 atom stereocenters. The molecule has 5 nitrogen and oxygen atoms in total. The van der Waals surface area contributed by atoms with Crippen LogP contribution in [0.2, 0.25) is 0 Å². The lowest BCUT2D eigenvalue weighted by molar-refractivity contribution is 0.0617. The molecule has 0 aliphatic rings. The molecule has 0 aliphatic heterocycles. The van der Waals surface area contributed by atoms with Crippen molar-refractivity contribution >= 4 is 0 Å². The van der Waals surface area contributed by atoms with Crippen molar-refractivity contribution < 1.29 is 19.3 Å². The lowest BCUT2D eigenvalue weighted by Gasteiger charge is -2.25. The van der Waals surface area contributed by atoms with Crippen LogP contribution in [0.25, 0.3) is 0 Å². The van der Waals surface area contributed by atoms with Crippen molar-refractivity contribution in [2.24, 2.45) is 0 Å². The topological polar surface area (TPSA) is 51.2 Å². The molecule has 0 heterocycles. The summed E-state index contributed by atoms with van der Waals surface area (Å²) >= 11 is 0. The molecule has 5 heteroatoms. The Morgan fingerprint density at radius 1 is 1.00 bits per heavy atom. The summed E-state index contributed by atoms with van der Waals surface area (Å²) in [7, 11) is 3.37. The minimum Gasteiger partial charge on any atom is -0.497 e. The van der Waals surface area contributed by atoms with Gasteiger partial charge >= 0.3 is 0 Å². The van der Waals surface area contributed by atoms with E-state index in [1.807, 2.05) is 48.5 Å². The predicted octanol–water partition coefficient (Wildman–Crippen LogP) is 2.97. The van der Waals surface area contributed by atoms with Gasteiger partial charge in [0.1, 0.15) is 24.2 Å². The molecule has 0 spiro atoms. The van der Waals surface area contributed by atoms with E-state index in [0.717, 1.165) is 36.6 Å². The molecule has 2 aromatic rings. The molecule has 0 bridgehead atoms. The van der Waals surface area contributed by atoms with Gasteiger partial charge in [-0.2, -0.15) is 0 Å². The van der Waals surface area contributed by atoms with Crippen molar-refractivity contribution in [3.8, 4) is 11.5 Å². The average molecular weight is 359 g/mol. The number of hydrogen-bond acceptors (Lipinski definition) is 5. The van der Waals surface area contributed by atoms with Gasteiger partial charge in [-0.3, -0.25) is 4.90 Å². The highest BCUT2D eigenvalue weighted by Gasteiger charge is 2.13. The maximum Gasteiger partial charge on any atom is 0.119 e. The van der Waals surface area contributed by atoms with E-state index < -0.39 is 6.10 Å². The summed E-state index contributed by atoms with van der Waals surface area (Å²) in [6.07, 6.45) is 0.343. The van der Waals surface area contributed by atoms with E-state index in [1.54, 1.807) is 14.2 Å². The molecule has 2 rings (SSSR count). The van der Waals surface area contributed by atoms with Crippen molar-refractivity contribution in [1.82, 2.24) is 4.90 Å². The molecule has 142 valence electrons. The number of hydrogen-bond donors (Lipinski definition) is 1. The number of aliphatic hydroxyl groups is 1. The molecular formula is C21H29NO4. The standard InChI is InChI=1S/C21H29NO4/c1-24-13-7-12-22(15-18-8-6-11-21(14-18)25-2)16-19(23)17-26-20-9-4-3-5-10-20/h3-6,8-11,14,19,23H,7,12-13,15-17H2,1-2H3. The zero-order valence-electron chi connectivity index (χ0n) is 15.6. The van der Waals surface area contributed by atoms with E-state index >= 15 is 0 Å². The second-order valence-corrected chi connectivity index (χ2v) is 6.21. The molecule has 0 saturated carbocycles. The van der Waals surface area contributed by atoms with Crippen LogP contribution in [0.15, 0.2) is 54.6 Å². The SMILES string of the molecule is COCCCN(Cc1cccc(OC)c1)CC(O)COc1ccccc1. The average Bonchev–Trinajstić information content (AvgIpc) is 2.67. The van der Waals surface area contributed by atoms with Gasteiger partial charge in [-0.05, 0) is 36.2 Å². The van der Waals surface area contributed by atoms with E-state index in [-0.39, 0.29) is 6.61 Å². The lowest BCUT2D eigenvalue weighted by atomic mass is 10.2. The molecule has 0 saturated heterocycles. The maximum atomic E-state index is 10.4. The Morgan fingerprint density at radius 2 is 1.77 bits per heavy atom. The Hall–Kier alpha value is -2.08. The molecule has 0 aromatic heterocycles. The summed E-state index contributed by atoms with van der Waals surface area (Å²) in [5.41, 5.74) is 1.15. The fraction of sp³-hybridized carbons (Fsp3) is 0.429. The Labute approximate surface area is 156 Å². The maximum absolute atomic E-state index is 10.4. The Balaban J connectivity index is 1.89. The number of methoxy groups -OCH3 is 2. The first kappa shape index (κ1) is 20.2. The zero-order chi connectivity index (χ0) is 18.6. The zero-order valence-corrected chi connectivity index (χ0v) is 15.6. The van der Waals surface area contributed by atoms with Crippen molar-refractivity contribution in [2.75, 3.05) is 40.5 Å². The summed E-state index contributed by atoms with van der Waals surface area (Å²) in [4.78, 5) is 2.22.